The van der Waals surface area contributed by atoms with Gasteiger partial charge in [0.25, 0.3) is 0 Å². The molecule has 0 atom stereocenters. The summed E-state index contributed by atoms with van der Waals surface area (Å²) in [5, 5.41) is 10.7. The van der Waals surface area contributed by atoms with Gasteiger partial charge in [-0.25, -0.2) is 4.98 Å². The Bertz CT molecular complexity index is 606. The van der Waals surface area contributed by atoms with E-state index in [1.807, 2.05) is 13.0 Å². The summed E-state index contributed by atoms with van der Waals surface area (Å²) in [7, 11) is 0. The van der Waals surface area contributed by atoms with E-state index in [-0.39, 0.29) is 11.9 Å². The van der Waals surface area contributed by atoms with Crippen molar-refractivity contribution in [3.63, 3.8) is 0 Å². The smallest absolute Gasteiger partial charge is 0.234 e. The number of nitriles is 1. The maximum Gasteiger partial charge on any atom is 0.234 e. The van der Waals surface area contributed by atoms with Gasteiger partial charge in [0.05, 0.1) is 10.5 Å². The lowest BCUT2D eigenvalue weighted by molar-refractivity contribution is -0.109. The van der Waals surface area contributed by atoms with Gasteiger partial charge in [0, 0.05) is 25.0 Å². The van der Waals surface area contributed by atoms with Crippen LogP contribution in [0.4, 0.5) is 5.82 Å². The zero-order valence-electron chi connectivity index (χ0n) is 12.3. The fourth-order valence-corrected chi connectivity index (χ4v) is 2.87. The molecule has 0 spiro atoms. The number of hydrogen-bond acceptors (Lipinski definition) is 6. The monoisotopic (exact) mass is 364 g/mol. The normalized spacial score (nSPS) is 15.0. The van der Waals surface area contributed by atoms with E-state index in [2.05, 4.69) is 42.8 Å². The number of likely N-dealkylation sites (tertiary alicyclic amines) is 1. The largest absolute Gasteiger partial charge is 0.375 e. The van der Waals surface area contributed by atoms with Crippen molar-refractivity contribution < 1.29 is 4.79 Å². The highest BCUT2D eigenvalue weighted by atomic mass is 79.9. The van der Waals surface area contributed by atoms with Gasteiger partial charge < -0.3 is 4.90 Å². The minimum absolute atomic E-state index is 0.0651. The average Bonchev–Trinajstić information content (AvgIpc) is 2.53. The van der Waals surface area contributed by atoms with Crippen LogP contribution in [0.1, 0.15) is 25.6 Å². The first kappa shape index (κ1) is 16.2. The van der Waals surface area contributed by atoms with Gasteiger partial charge in [-0.1, -0.05) is 6.58 Å². The van der Waals surface area contributed by atoms with Crippen molar-refractivity contribution in [2.24, 2.45) is 0 Å². The predicted molar refractivity (Wildman–Crippen MR) is 85.5 cm³/mol. The van der Waals surface area contributed by atoms with E-state index in [1.165, 1.54) is 6.20 Å². The lowest BCUT2D eigenvalue weighted by Crippen LogP contribution is -2.51. The molecule has 1 aliphatic rings. The van der Waals surface area contributed by atoms with E-state index in [0.717, 1.165) is 31.6 Å². The second-order valence-electron chi connectivity index (χ2n) is 5.05. The van der Waals surface area contributed by atoms with Crippen LogP contribution in [0.15, 0.2) is 22.9 Å². The first-order chi connectivity index (χ1) is 10.6. The van der Waals surface area contributed by atoms with E-state index in [0.29, 0.717) is 16.7 Å². The van der Waals surface area contributed by atoms with Crippen molar-refractivity contribution in [1.82, 2.24) is 20.3 Å². The van der Waals surface area contributed by atoms with E-state index >= 15 is 0 Å². The van der Waals surface area contributed by atoms with Crippen LogP contribution in [-0.4, -0.2) is 40.4 Å². The summed E-state index contributed by atoms with van der Waals surface area (Å²) in [5.41, 5.74) is 3.73. The number of halogens is 1. The Hall–Kier alpha value is -2.14. The molecule has 0 aromatic carbocycles. The number of amides is 1. The molecule has 0 aliphatic carbocycles. The van der Waals surface area contributed by atoms with Gasteiger partial charge in [-0.05, 0) is 35.7 Å². The van der Waals surface area contributed by atoms with E-state index in [9.17, 15) is 4.79 Å². The van der Waals surface area contributed by atoms with Crippen LogP contribution in [0, 0.1) is 11.3 Å². The molecule has 1 fully saturated rings. The number of carbonyl (C=O) groups excluding carboxylic acids is 1. The van der Waals surface area contributed by atoms with Crippen molar-refractivity contribution in [2.75, 3.05) is 18.1 Å². The summed E-state index contributed by atoms with van der Waals surface area (Å²) in [5.74, 6) is 0.558. The Morgan fingerprint density at radius 1 is 1.64 bits per heavy atom. The molecular weight excluding hydrogens is 348 g/mol. The summed E-state index contributed by atoms with van der Waals surface area (Å²) >= 11 is 3.38. The molecule has 0 unspecified atom stereocenters. The molecule has 116 valence electrons. The zero-order valence-corrected chi connectivity index (χ0v) is 13.9. The number of anilines is 1. The molecule has 1 N–H and O–H groups in total. The summed E-state index contributed by atoms with van der Waals surface area (Å²) in [6.45, 7) is 7.68. The quantitative estimate of drug-likeness (QED) is 0.630. The summed E-state index contributed by atoms with van der Waals surface area (Å²) in [6.07, 6.45) is 3.84. The highest BCUT2D eigenvalue weighted by molar-refractivity contribution is 9.10. The number of hydrogen-bond donors (Lipinski definition) is 1. The minimum atomic E-state index is 0.0651. The third-order valence-electron chi connectivity index (χ3n) is 3.62. The number of nitrogens with one attached hydrogen (secondary N) is 1. The molecule has 1 aliphatic heterocycles. The van der Waals surface area contributed by atoms with Gasteiger partial charge >= 0.3 is 0 Å². The number of aromatic nitrogens is 2. The molecule has 2 heterocycles. The van der Waals surface area contributed by atoms with E-state index in [1.54, 1.807) is 5.01 Å². The van der Waals surface area contributed by atoms with Crippen LogP contribution in [0.5, 0.6) is 0 Å². The molecule has 0 saturated carbocycles. The Morgan fingerprint density at radius 3 is 2.86 bits per heavy atom. The average molecular weight is 365 g/mol. The second-order valence-corrected chi connectivity index (χ2v) is 5.90. The molecule has 7 nitrogen and oxygen atoms in total. The van der Waals surface area contributed by atoms with Crippen LogP contribution in [-0.2, 0) is 4.79 Å². The van der Waals surface area contributed by atoms with Crippen molar-refractivity contribution in [1.29, 1.82) is 5.26 Å². The molecular formula is C14H17BrN6O. The van der Waals surface area contributed by atoms with Crippen molar-refractivity contribution >= 4 is 28.2 Å². The minimum Gasteiger partial charge on any atom is -0.375 e. The number of carbonyl (C=O) groups is 1. The van der Waals surface area contributed by atoms with Gasteiger partial charge in [-0.15, -0.1) is 0 Å². The molecule has 1 aromatic heterocycles. The molecule has 0 bridgehead atoms. The number of rotatable bonds is 5. The van der Waals surface area contributed by atoms with Crippen molar-refractivity contribution in [2.45, 2.75) is 25.8 Å². The van der Waals surface area contributed by atoms with Crippen LogP contribution in [0.3, 0.4) is 0 Å². The fourth-order valence-electron chi connectivity index (χ4n) is 2.48. The van der Waals surface area contributed by atoms with Crippen molar-refractivity contribution in [3.8, 4) is 6.07 Å². The first-order valence-corrected chi connectivity index (χ1v) is 7.68. The topological polar surface area (TPSA) is 85.1 Å². The number of piperidine rings is 1. The maximum absolute atomic E-state index is 11.0. The number of allylic oxidation sites excluding steroid dienone is 1. The standard InChI is InChI=1S/C14H17BrN6O/c1-10(2)20-5-3-11(4-6-20)21(18-9-22)14-12(15)8-17-13(7-16)19-14/h8-9,11H,1,3-6H2,2H3,(H,18,22). The SMILES string of the molecule is C=C(C)N1CCC(N(NC=O)c2nc(C#N)ncc2Br)CC1. The third-order valence-corrected chi connectivity index (χ3v) is 4.17. The Balaban J connectivity index is 2.22. The summed E-state index contributed by atoms with van der Waals surface area (Å²) in [4.78, 5) is 21.3. The second kappa shape index (κ2) is 7.22. The van der Waals surface area contributed by atoms with E-state index < -0.39 is 0 Å². The highest BCUT2D eigenvalue weighted by Gasteiger charge is 2.27. The molecule has 1 amide bonds. The van der Waals surface area contributed by atoms with Gasteiger partial charge in [0.2, 0.25) is 12.2 Å². The van der Waals surface area contributed by atoms with Crippen LogP contribution >= 0.6 is 15.9 Å². The lowest BCUT2D eigenvalue weighted by Gasteiger charge is -2.39. The Morgan fingerprint density at radius 2 is 2.32 bits per heavy atom. The van der Waals surface area contributed by atoms with Gasteiger partial charge in [0.15, 0.2) is 5.82 Å². The van der Waals surface area contributed by atoms with Gasteiger partial charge in [-0.2, -0.15) is 10.2 Å². The maximum atomic E-state index is 11.0. The number of nitrogens with zero attached hydrogens (tertiary/aromatic N) is 5. The zero-order chi connectivity index (χ0) is 16.1. The van der Waals surface area contributed by atoms with E-state index in [4.69, 9.17) is 5.26 Å². The summed E-state index contributed by atoms with van der Waals surface area (Å²) in [6, 6.07) is 2.01. The number of hydrazine groups is 1. The lowest BCUT2D eigenvalue weighted by atomic mass is 10.0. The first-order valence-electron chi connectivity index (χ1n) is 6.89. The Kier molecular flexibility index (Phi) is 5.33. The van der Waals surface area contributed by atoms with Crippen molar-refractivity contribution in [3.05, 3.63) is 28.8 Å². The van der Waals surface area contributed by atoms with Crippen LogP contribution in [0.2, 0.25) is 0 Å². The molecule has 0 radical (unpaired) electrons. The predicted octanol–water partition coefficient (Wildman–Crippen LogP) is 1.58. The summed E-state index contributed by atoms with van der Waals surface area (Å²) < 4.78 is 0.628. The highest BCUT2D eigenvalue weighted by Crippen LogP contribution is 2.27. The van der Waals surface area contributed by atoms with Crippen LogP contribution < -0.4 is 10.4 Å². The fraction of sp³-hybridized carbons (Fsp3) is 0.429. The molecule has 2 rings (SSSR count). The van der Waals surface area contributed by atoms with Crippen LogP contribution in [0.25, 0.3) is 0 Å². The molecule has 8 heteroatoms. The third kappa shape index (κ3) is 3.54. The van der Waals surface area contributed by atoms with Gasteiger partial charge in [0.1, 0.15) is 6.07 Å². The molecule has 1 aromatic rings. The molecule has 22 heavy (non-hydrogen) atoms. The van der Waals surface area contributed by atoms with Gasteiger partial charge in [-0.3, -0.25) is 15.2 Å². The Labute approximate surface area is 137 Å². The molecule has 1 saturated heterocycles.